The van der Waals surface area contributed by atoms with Crippen LogP contribution in [0.15, 0.2) is 40.4 Å². The van der Waals surface area contributed by atoms with Crippen LogP contribution in [0, 0.1) is 0 Å². The van der Waals surface area contributed by atoms with E-state index < -0.39 is 10.0 Å². The largest absolute Gasteiger partial charge is 0.309 e. The Morgan fingerprint density at radius 1 is 1.25 bits per heavy atom. The standard InChI is InChI=1S/C15H16N4O2S3/c1-17(2)5-3-11-10-19(14-12(11)4-7-22-14)24(20,21)13-9-16-15-18(13)6-8-23-15/h4,6-10H,3,5H2,1-2H3. The molecule has 0 bridgehead atoms. The summed E-state index contributed by atoms with van der Waals surface area (Å²) in [5, 5.41) is 4.98. The SMILES string of the molecule is CN(C)CCc1cn(S(=O)(=O)c2cnc3sccn23)c2sccc12. The van der Waals surface area contributed by atoms with Crippen molar-refractivity contribution < 1.29 is 8.42 Å². The zero-order valence-electron chi connectivity index (χ0n) is 13.2. The fraction of sp³-hybridized carbons (Fsp3) is 0.267. The number of hydrogen-bond donors (Lipinski definition) is 0. The molecule has 0 saturated carbocycles. The molecule has 0 spiro atoms. The smallest absolute Gasteiger partial charge is 0.286 e. The van der Waals surface area contributed by atoms with E-state index in [9.17, 15) is 8.42 Å². The van der Waals surface area contributed by atoms with Crippen molar-refractivity contribution in [2.45, 2.75) is 11.4 Å². The first-order valence-electron chi connectivity index (χ1n) is 7.37. The summed E-state index contributed by atoms with van der Waals surface area (Å²) in [6.45, 7) is 0.871. The van der Waals surface area contributed by atoms with E-state index in [2.05, 4.69) is 9.88 Å². The van der Waals surface area contributed by atoms with E-state index in [-0.39, 0.29) is 5.03 Å². The third-order valence-electron chi connectivity index (χ3n) is 3.93. The number of thiazole rings is 1. The quantitative estimate of drug-likeness (QED) is 0.534. The Labute approximate surface area is 147 Å². The number of thiophene rings is 1. The van der Waals surface area contributed by atoms with E-state index in [1.807, 2.05) is 30.9 Å². The second-order valence-corrected chi connectivity index (χ2v) is 9.33. The third kappa shape index (κ3) is 2.39. The lowest BCUT2D eigenvalue weighted by Gasteiger charge is -2.08. The summed E-state index contributed by atoms with van der Waals surface area (Å²) < 4.78 is 29.4. The molecule has 4 rings (SSSR count). The van der Waals surface area contributed by atoms with Crippen LogP contribution >= 0.6 is 22.7 Å². The molecule has 6 nitrogen and oxygen atoms in total. The molecular weight excluding hydrogens is 364 g/mol. The molecule has 24 heavy (non-hydrogen) atoms. The highest BCUT2D eigenvalue weighted by Crippen LogP contribution is 2.31. The zero-order chi connectivity index (χ0) is 16.9. The minimum Gasteiger partial charge on any atom is -0.309 e. The van der Waals surface area contributed by atoms with Crippen molar-refractivity contribution in [1.82, 2.24) is 18.3 Å². The molecule has 0 aromatic carbocycles. The third-order valence-corrected chi connectivity index (χ3v) is 7.36. The highest BCUT2D eigenvalue weighted by molar-refractivity contribution is 7.90. The van der Waals surface area contributed by atoms with E-state index in [1.54, 1.807) is 16.8 Å². The van der Waals surface area contributed by atoms with Gasteiger partial charge in [0.05, 0.1) is 6.20 Å². The lowest BCUT2D eigenvalue weighted by molar-refractivity contribution is 0.414. The van der Waals surface area contributed by atoms with Crippen LogP contribution in [-0.4, -0.2) is 47.3 Å². The highest BCUT2D eigenvalue weighted by Gasteiger charge is 2.25. The van der Waals surface area contributed by atoms with Gasteiger partial charge in [0.25, 0.3) is 10.0 Å². The lowest BCUT2D eigenvalue weighted by atomic mass is 10.2. The van der Waals surface area contributed by atoms with Crippen molar-refractivity contribution in [2.75, 3.05) is 20.6 Å². The van der Waals surface area contributed by atoms with Gasteiger partial charge in [0.2, 0.25) is 0 Å². The highest BCUT2D eigenvalue weighted by atomic mass is 32.2. The normalized spacial score (nSPS) is 12.8. The van der Waals surface area contributed by atoms with Crippen LogP contribution in [0.2, 0.25) is 0 Å². The molecule has 0 aliphatic carbocycles. The van der Waals surface area contributed by atoms with Crippen molar-refractivity contribution in [2.24, 2.45) is 0 Å². The molecule has 0 unspecified atom stereocenters. The maximum atomic E-state index is 13.2. The number of imidazole rings is 1. The average molecular weight is 381 g/mol. The Morgan fingerprint density at radius 3 is 2.88 bits per heavy atom. The zero-order valence-corrected chi connectivity index (χ0v) is 15.7. The Morgan fingerprint density at radius 2 is 2.08 bits per heavy atom. The maximum Gasteiger partial charge on any atom is 0.286 e. The van der Waals surface area contributed by atoms with E-state index in [1.165, 1.54) is 32.8 Å². The Bertz CT molecular complexity index is 1110. The fourth-order valence-corrected chi connectivity index (χ4v) is 6.06. The predicted octanol–water partition coefficient (Wildman–Crippen LogP) is 2.75. The monoisotopic (exact) mass is 380 g/mol. The number of hydrogen-bond acceptors (Lipinski definition) is 6. The van der Waals surface area contributed by atoms with Crippen LogP contribution in [0.1, 0.15) is 5.56 Å². The maximum absolute atomic E-state index is 13.2. The summed E-state index contributed by atoms with van der Waals surface area (Å²) in [7, 11) is 0.338. The first kappa shape index (κ1) is 15.8. The summed E-state index contributed by atoms with van der Waals surface area (Å²) in [6, 6.07) is 1.99. The molecule has 0 radical (unpaired) electrons. The van der Waals surface area contributed by atoms with Crippen molar-refractivity contribution in [3.63, 3.8) is 0 Å². The van der Waals surface area contributed by atoms with Gasteiger partial charge in [-0.2, -0.15) is 8.42 Å². The van der Waals surface area contributed by atoms with Crippen LogP contribution in [0.3, 0.4) is 0 Å². The molecule has 0 fully saturated rings. The first-order chi connectivity index (χ1) is 11.5. The second-order valence-electron chi connectivity index (χ2n) is 5.80. The summed E-state index contributed by atoms with van der Waals surface area (Å²) in [4.78, 5) is 7.72. The summed E-state index contributed by atoms with van der Waals surface area (Å²) in [5.74, 6) is 0. The number of likely N-dealkylation sites (N-methyl/N-ethyl adjacent to an activating group) is 1. The molecule has 4 aromatic rings. The Hall–Kier alpha value is -1.68. The number of aromatic nitrogens is 3. The van der Waals surface area contributed by atoms with Crippen molar-refractivity contribution in [1.29, 1.82) is 0 Å². The predicted molar refractivity (Wildman–Crippen MR) is 97.7 cm³/mol. The minimum atomic E-state index is -3.69. The summed E-state index contributed by atoms with van der Waals surface area (Å²) in [6.07, 6.45) is 5.73. The van der Waals surface area contributed by atoms with Gasteiger partial charge in [0, 0.05) is 29.7 Å². The van der Waals surface area contributed by atoms with Gasteiger partial charge in [-0.25, -0.2) is 8.96 Å². The molecular formula is C15H16N4O2S3. The molecule has 0 atom stereocenters. The topological polar surface area (TPSA) is 59.6 Å². The fourth-order valence-electron chi connectivity index (χ4n) is 2.71. The summed E-state index contributed by atoms with van der Waals surface area (Å²) in [5.41, 5.74) is 1.05. The number of fused-ring (bicyclic) bond motifs is 2. The molecule has 0 amide bonds. The van der Waals surface area contributed by atoms with Gasteiger partial charge >= 0.3 is 0 Å². The Balaban J connectivity index is 1.86. The molecule has 9 heteroatoms. The van der Waals surface area contributed by atoms with Gasteiger partial charge < -0.3 is 4.90 Å². The van der Waals surface area contributed by atoms with Crippen LogP contribution < -0.4 is 0 Å². The molecule has 126 valence electrons. The second kappa shape index (κ2) is 5.69. The van der Waals surface area contributed by atoms with Gasteiger partial charge in [-0.3, -0.25) is 4.40 Å². The molecule has 0 aliphatic rings. The van der Waals surface area contributed by atoms with Crippen molar-refractivity contribution in [3.05, 3.63) is 41.0 Å². The molecule has 4 aromatic heterocycles. The van der Waals surface area contributed by atoms with Gasteiger partial charge in [-0.15, -0.1) is 22.7 Å². The molecule has 0 N–H and O–H groups in total. The van der Waals surface area contributed by atoms with Gasteiger partial charge in [0.1, 0.15) is 4.83 Å². The minimum absolute atomic E-state index is 0.197. The van der Waals surface area contributed by atoms with Crippen LogP contribution in [-0.2, 0) is 16.4 Å². The lowest BCUT2D eigenvalue weighted by Crippen LogP contribution is -2.15. The molecule has 0 aliphatic heterocycles. The van der Waals surface area contributed by atoms with Crippen molar-refractivity contribution in [3.8, 4) is 0 Å². The average Bonchev–Trinajstić information content (AvgIpc) is 3.25. The van der Waals surface area contributed by atoms with Crippen LogP contribution in [0.25, 0.3) is 15.2 Å². The number of nitrogens with zero attached hydrogens (tertiary/aromatic N) is 4. The van der Waals surface area contributed by atoms with Crippen molar-refractivity contribution >= 4 is 47.9 Å². The van der Waals surface area contributed by atoms with E-state index >= 15 is 0 Å². The van der Waals surface area contributed by atoms with Gasteiger partial charge in [-0.1, -0.05) is 0 Å². The molecule has 0 saturated heterocycles. The van der Waals surface area contributed by atoms with Crippen LogP contribution in [0.4, 0.5) is 0 Å². The molecule has 4 heterocycles. The Kier molecular flexibility index (Phi) is 3.75. The summed E-state index contributed by atoms with van der Waals surface area (Å²) >= 11 is 2.86. The first-order valence-corrected chi connectivity index (χ1v) is 10.6. The van der Waals surface area contributed by atoms with Gasteiger partial charge in [0.15, 0.2) is 9.99 Å². The van der Waals surface area contributed by atoms with Crippen LogP contribution in [0.5, 0.6) is 0 Å². The van der Waals surface area contributed by atoms with E-state index in [4.69, 9.17) is 0 Å². The number of rotatable bonds is 5. The van der Waals surface area contributed by atoms with Gasteiger partial charge in [-0.05, 0) is 37.5 Å². The van der Waals surface area contributed by atoms with E-state index in [0.29, 0.717) is 4.96 Å². The van der Waals surface area contributed by atoms with E-state index in [0.717, 1.165) is 28.7 Å².